The molecule has 118 valence electrons. The smallest absolute Gasteiger partial charge is 0.233 e. The third kappa shape index (κ3) is 4.17. The SMILES string of the molecule is CN(Cc1ncc(-c2ccccc2)[nH]1)C(=O)CSc1nncs1. The van der Waals surface area contributed by atoms with Gasteiger partial charge in [0.25, 0.3) is 0 Å². The van der Waals surface area contributed by atoms with Gasteiger partial charge in [0.2, 0.25) is 5.91 Å². The van der Waals surface area contributed by atoms with E-state index in [2.05, 4.69) is 20.2 Å². The van der Waals surface area contributed by atoms with Gasteiger partial charge in [-0.05, 0) is 5.56 Å². The van der Waals surface area contributed by atoms with Crippen LogP contribution in [-0.4, -0.2) is 43.8 Å². The number of thioether (sulfide) groups is 1. The molecule has 1 amide bonds. The van der Waals surface area contributed by atoms with Crippen molar-refractivity contribution in [1.29, 1.82) is 0 Å². The number of carbonyl (C=O) groups excluding carboxylic acids is 1. The lowest BCUT2D eigenvalue weighted by atomic mass is 10.2. The van der Waals surface area contributed by atoms with Gasteiger partial charge in [-0.1, -0.05) is 53.4 Å². The maximum atomic E-state index is 12.1. The predicted octanol–water partition coefficient (Wildman–Crippen LogP) is 2.68. The van der Waals surface area contributed by atoms with Gasteiger partial charge in [-0.3, -0.25) is 4.79 Å². The summed E-state index contributed by atoms with van der Waals surface area (Å²) < 4.78 is 0.802. The van der Waals surface area contributed by atoms with Crippen LogP contribution in [0.1, 0.15) is 5.82 Å². The summed E-state index contributed by atoms with van der Waals surface area (Å²) in [5.74, 6) is 1.14. The molecule has 8 heteroatoms. The van der Waals surface area contributed by atoms with E-state index in [1.807, 2.05) is 30.3 Å². The molecule has 3 rings (SSSR count). The van der Waals surface area contributed by atoms with E-state index in [0.29, 0.717) is 12.3 Å². The van der Waals surface area contributed by atoms with E-state index < -0.39 is 0 Å². The third-order valence-electron chi connectivity index (χ3n) is 3.19. The van der Waals surface area contributed by atoms with Crippen LogP contribution in [0, 0.1) is 0 Å². The molecule has 0 radical (unpaired) electrons. The van der Waals surface area contributed by atoms with Crippen molar-refractivity contribution in [3.05, 3.63) is 47.9 Å². The lowest BCUT2D eigenvalue weighted by molar-refractivity contribution is -0.127. The number of benzene rings is 1. The molecule has 6 nitrogen and oxygen atoms in total. The van der Waals surface area contributed by atoms with Crippen LogP contribution in [0.3, 0.4) is 0 Å². The number of rotatable bonds is 6. The molecule has 2 heterocycles. The van der Waals surface area contributed by atoms with Gasteiger partial charge in [0.05, 0.1) is 24.2 Å². The van der Waals surface area contributed by atoms with Crippen LogP contribution in [0.4, 0.5) is 0 Å². The Bertz CT molecular complexity index is 757. The van der Waals surface area contributed by atoms with Gasteiger partial charge in [0.15, 0.2) is 4.34 Å². The number of aromatic amines is 1. The summed E-state index contributed by atoms with van der Waals surface area (Å²) in [6.45, 7) is 0.447. The van der Waals surface area contributed by atoms with Crippen molar-refractivity contribution < 1.29 is 4.79 Å². The Morgan fingerprint density at radius 2 is 2.17 bits per heavy atom. The Kier molecular flexibility index (Phi) is 5.04. The molecule has 0 aliphatic heterocycles. The van der Waals surface area contributed by atoms with Crippen LogP contribution in [0.2, 0.25) is 0 Å². The van der Waals surface area contributed by atoms with Gasteiger partial charge in [0.1, 0.15) is 11.3 Å². The number of hydrogen-bond donors (Lipinski definition) is 1. The van der Waals surface area contributed by atoms with E-state index in [4.69, 9.17) is 0 Å². The highest BCUT2D eigenvalue weighted by Crippen LogP contribution is 2.20. The van der Waals surface area contributed by atoms with E-state index in [0.717, 1.165) is 21.4 Å². The Balaban J connectivity index is 1.56. The van der Waals surface area contributed by atoms with Gasteiger partial charge in [-0.15, -0.1) is 10.2 Å². The zero-order chi connectivity index (χ0) is 16.1. The van der Waals surface area contributed by atoms with Crippen LogP contribution < -0.4 is 0 Å². The highest BCUT2D eigenvalue weighted by atomic mass is 32.2. The maximum absolute atomic E-state index is 12.1. The Morgan fingerprint density at radius 3 is 2.91 bits per heavy atom. The van der Waals surface area contributed by atoms with Crippen molar-refractivity contribution >= 4 is 29.0 Å². The minimum Gasteiger partial charge on any atom is -0.341 e. The van der Waals surface area contributed by atoms with Gasteiger partial charge in [0, 0.05) is 7.05 Å². The molecule has 0 bridgehead atoms. The van der Waals surface area contributed by atoms with Crippen molar-refractivity contribution in [3.63, 3.8) is 0 Å². The normalized spacial score (nSPS) is 10.7. The van der Waals surface area contributed by atoms with E-state index in [9.17, 15) is 4.79 Å². The number of carbonyl (C=O) groups is 1. The molecule has 1 aromatic carbocycles. The number of nitrogens with zero attached hydrogens (tertiary/aromatic N) is 4. The molecule has 0 aliphatic rings. The fraction of sp³-hybridized carbons (Fsp3) is 0.200. The van der Waals surface area contributed by atoms with Crippen molar-refractivity contribution in [3.8, 4) is 11.3 Å². The Hall–Kier alpha value is -2.19. The number of amides is 1. The Labute approximate surface area is 142 Å². The quantitative estimate of drug-likeness (QED) is 0.695. The van der Waals surface area contributed by atoms with Crippen molar-refractivity contribution in [1.82, 2.24) is 25.1 Å². The largest absolute Gasteiger partial charge is 0.341 e. The van der Waals surface area contributed by atoms with Crippen molar-refractivity contribution in [2.75, 3.05) is 12.8 Å². The first-order valence-corrected chi connectivity index (χ1v) is 8.81. The van der Waals surface area contributed by atoms with E-state index in [1.54, 1.807) is 23.7 Å². The molecular weight excluding hydrogens is 330 g/mol. The minimum absolute atomic E-state index is 0.0304. The molecule has 23 heavy (non-hydrogen) atoms. The third-order valence-corrected chi connectivity index (χ3v) is 5.03. The molecule has 2 aromatic heterocycles. The molecule has 0 atom stereocenters. The highest BCUT2D eigenvalue weighted by Gasteiger charge is 2.13. The summed E-state index contributed by atoms with van der Waals surface area (Å²) in [6.07, 6.45) is 1.79. The van der Waals surface area contributed by atoms with Crippen molar-refractivity contribution in [2.45, 2.75) is 10.9 Å². The van der Waals surface area contributed by atoms with E-state index in [1.165, 1.54) is 23.1 Å². The molecule has 0 saturated carbocycles. The Morgan fingerprint density at radius 1 is 1.35 bits per heavy atom. The number of imidazole rings is 1. The number of nitrogens with one attached hydrogen (secondary N) is 1. The minimum atomic E-state index is 0.0304. The second-order valence-electron chi connectivity index (χ2n) is 4.85. The summed E-state index contributed by atoms with van der Waals surface area (Å²) in [6, 6.07) is 9.98. The van der Waals surface area contributed by atoms with Crippen LogP contribution in [-0.2, 0) is 11.3 Å². The first-order valence-electron chi connectivity index (χ1n) is 6.94. The van der Waals surface area contributed by atoms with E-state index >= 15 is 0 Å². The lowest BCUT2D eigenvalue weighted by Gasteiger charge is -2.14. The number of H-pyrrole nitrogens is 1. The van der Waals surface area contributed by atoms with E-state index in [-0.39, 0.29) is 5.91 Å². The zero-order valence-electron chi connectivity index (χ0n) is 12.5. The van der Waals surface area contributed by atoms with Crippen LogP contribution >= 0.6 is 23.1 Å². The molecule has 1 N–H and O–H groups in total. The second-order valence-corrected chi connectivity index (χ2v) is 6.91. The van der Waals surface area contributed by atoms with Gasteiger partial charge >= 0.3 is 0 Å². The molecule has 0 spiro atoms. The van der Waals surface area contributed by atoms with Crippen LogP contribution in [0.25, 0.3) is 11.3 Å². The fourth-order valence-electron chi connectivity index (χ4n) is 1.98. The van der Waals surface area contributed by atoms with Gasteiger partial charge < -0.3 is 9.88 Å². The van der Waals surface area contributed by atoms with Crippen LogP contribution in [0.15, 0.2) is 46.4 Å². The summed E-state index contributed by atoms with van der Waals surface area (Å²) >= 11 is 2.83. The summed E-state index contributed by atoms with van der Waals surface area (Å²) in [4.78, 5) is 21.4. The lowest BCUT2D eigenvalue weighted by Crippen LogP contribution is -2.28. The molecule has 0 aliphatic carbocycles. The molecule has 3 aromatic rings. The first-order chi connectivity index (χ1) is 11.2. The predicted molar refractivity (Wildman–Crippen MR) is 91.1 cm³/mol. The average Bonchev–Trinajstić information content (AvgIpc) is 3.25. The van der Waals surface area contributed by atoms with Crippen molar-refractivity contribution in [2.24, 2.45) is 0 Å². The molecule has 0 fully saturated rings. The standard InChI is InChI=1S/C15H15N5OS2/c1-20(14(21)9-22-15-19-17-10-23-15)8-13-16-7-12(18-13)11-5-3-2-4-6-11/h2-7,10H,8-9H2,1H3,(H,16,18). The first kappa shape index (κ1) is 15.7. The molecule has 0 unspecified atom stereocenters. The topological polar surface area (TPSA) is 74.8 Å². The van der Waals surface area contributed by atoms with Gasteiger partial charge in [-0.25, -0.2) is 4.98 Å². The summed E-state index contributed by atoms with van der Waals surface area (Å²) in [5, 5.41) is 7.66. The maximum Gasteiger partial charge on any atom is 0.233 e. The second kappa shape index (κ2) is 7.38. The monoisotopic (exact) mass is 345 g/mol. The van der Waals surface area contributed by atoms with Crippen LogP contribution in [0.5, 0.6) is 0 Å². The highest BCUT2D eigenvalue weighted by molar-refractivity contribution is 8.01. The summed E-state index contributed by atoms with van der Waals surface area (Å²) in [7, 11) is 1.77. The molecular formula is C15H15N5OS2. The number of hydrogen-bond acceptors (Lipinski definition) is 6. The fourth-order valence-corrected chi connectivity index (χ4v) is 3.41. The zero-order valence-corrected chi connectivity index (χ0v) is 14.1. The summed E-state index contributed by atoms with van der Waals surface area (Å²) in [5.41, 5.74) is 3.68. The van der Waals surface area contributed by atoms with Gasteiger partial charge in [-0.2, -0.15) is 0 Å². The molecule has 0 saturated heterocycles. The average molecular weight is 345 g/mol. The number of aromatic nitrogens is 4.